The van der Waals surface area contributed by atoms with Crippen LogP contribution in [0.1, 0.15) is 13.8 Å². The van der Waals surface area contributed by atoms with Gasteiger partial charge in [-0.2, -0.15) is 4.31 Å². The van der Waals surface area contributed by atoms with Crippen LogP contribution in [-0.2, 0) is 10.0 Å². The average molecular weight is 273 g/mol. The van der Waals surface area contributed by atoms with E-state index in [4.69, 9.17) is 6.42 Å². The summed E-state index contributed by atoms with van der Waals surface area (Å²) in [5.74, 6) is 0.312. The predicted molar refractivity (Wildman–Crippen MR) is 64.2 cm³/mol. The Hall–Kier alpha value is -1.45. The lowest BCUT2D eigenvalue weighted by molar-refractivity contribution is 0.339. The summed E-state index contributed by atoms with van der Waals surface area (Å²) in [6.45, 7) is 3.01. The summed E-state index contributed by atoms with van der Waals surface area (Å²) in [5.41, 5.74) is -1.11. The van der Waals surface area contributed by atoms with Crippen molar-refractivity contribution in [3.63, 3.8) is 0 Å². The van der Waals surface area contributed by atoms with E-state index in [1.165, 1.54) is 20.9 Å². The quantitative estimate of drug-likeness (QED) is 0.790. The van der Waals surface area contributed by atoms with Crippen molar-refractivity contribution in [3.05, 3.63) is 29.8 Å². The van der Waals surface area contributed by atoms with Gasteiger partial charge in [0.1, 0.15) is 16.5 Å². The number of halogens is 2. The third kappa shape index (κ3) is 2.52. The Morgan fingerprint density at radius 3 is 2.33 bits per heavy atom. The fourth-order valence-electron chi connectivity index (χ4n) is 1.22. The summed E-state index contributed by atoms with van der Waals surface area (Å²) in [5, 5.41) is 0. The highest BCUT2D eigenvalue weighted by molar-refractivity contribution is 7.89. The number of rotatable bonds is 3. The van der Waals surface area contributed by atoms with Gasteiger partial charge in [-0.1, -0.05) is 5.92 Å². The monoisotopic (exact) mass is 273 g/mol. The van der Waals surface area contributed by atoms with Gasteiger partial charge >= 0.3 is 0 Å². The van der Waals surface area contributed by atoms with Gasteiger partial charge in [0.15, 0.2) is 0 Å². The second-order valence-corrected chi connectivity index (χ2v) is 6.19. The summed E-state index contributed by atoms with van der Waals surface area (Å²) in [6.07, 6.45) is 5.23. The minimum absolute atomic E-state index is 0.517. The highest BCUT2D eigenvalue weighted by Gasteiger charge is 2.34. The molecular formula is C12H13F2NO2S. The maximum Gasteiger partial charge on any atom is 0.247 e. The topological polar surface area (TPSA) is 37.4 Å². The molecule has 98 valence electrons. The predicted octanol–water partition coefficient (Wildman–Crippen LogP) is 2.00. The molecule has 0 radical (unpaired) electrons. The van der Waals surface area contributed by atoms with Gasteiger partial charge in [-0.05, 0) is 26.0 Å². The first-order valence-electron chi connectivity index (χ1n) is 5.05. The first-order chi connectivity index (χ1) is 8.13. The molecule has 6 heteroatoms. The van der Waals surface area contributed by atoms with Crippen LogP contribution in [0.3, 0.4) is 0 Å². The molecule has 0 aliphatic carbocycles. The van der Waals surface area contributed by atoms with Crippen LogP contribution < -0.4 is 0 Å². The van der Waals surface area contributed by atoms with Crippen molar-refractivity contribution >= 4 is 10.0 Å². The molecule has 0 aliphatic heterocycles. The molecule has 0 amide bonds. The number of nitrogens with zero attached hydrogens (tertiary/aromatic N) is 1. The lowest BCUT2D eigenvalue weighted by Gasteiger charge is -2.29. The smallest absolute Gasteiger partial charge is 0.207 e. The molecule has 3 nitrogen and oxygen atoms in total. The maximum atomic E-state index is 13.5. The molecule has 1 rings (SSSR count). The molecule has 0 N–H and O–H groups in total. The van der Waals surface area contributed by atoms with Gasteiger partial charge in [-0.15, -0.1) is 6.42 Å². The van der Waals surface area contributed by atoms with Gasteiger partial charge < -0.3 is 0 Å². The van der Waals surface area contributed by atoms with Crippen molar-refractivity contribution in [2.24, 2.45) is 0 Å². The summed E-state index contributed by atoms with van der Waals surface area (Å²) in [6, 6.07) is 2.28. The minimum Gasteiger partial charge on any atom is -0.207 e. The van der Waals surface area contributed by atoms with Gasteiger partial charge in [-0.3, -0.25) is 0 Å². The van der Waals surface area contributed by atoms with Crippen LogP contribution in [-0.4, -0.2) is 25.3 Å². The van der Waals surface area contributed by atoms with Crippen LogP contribution in [0.15, 0.2) is 23.1 Å². The van der Waals surface area contributed by atoms with Crippen LogP contribution in [0.5, 0.6) is 0 Å². The van der Waals surface area contributed by atoms with Crippen molar-refractivity contribution < 1.29 is 17.2 Å². The van der Waals surface area contributed by atoms with Crippen molar-refractivity contribution in [1.82, 2.24) is 4.31 Å². The molecule has 0 unspecified atom stereocenters. The molecule has 0 heterocycles. The van der Waals surface area contributed by atoms with Crippen LogP contribution in [0, 0.1) is 24.0 Å². The molecule has 0 spiro atoms. The molecule has 0 saturated carbocycles. The summed E-state index contributed by atoms with van der Waals surface area (Å²) in [4.78, 5) is -0.602. The third-order valence-electron chi connectivity index (χ3n) is 2.67. The first kappa shape index (κ1) is 14.6. The standard InChI is InChI=1S/C12H13F2NO2S/c1-5-12(2,3)15(4)18(16,17)11-7-6-9(13)8-10(11)14/h1,6-8H,2-4H3. The maximum absolute atomic E-state index is 13.5. The second-order valence-electron chi connectivity index (χ2n) is 4.25. The largest absolute Gasteiger partial charge is 0.247 e. The molecule has 0 saturated heterocycles. The van der Waals surface area contributed by atoms with Gasteiger partial charge in [0.2, 0.25) is 10.0 Å². The SMILES string of the molecule is C#CC(C)(C)N(C)S(=O)(=O)c1ccc(F)cc1F. The number of sulfonamides is 1. The van der Waals surface area contributed by atoms with E-state index in [1.54, 1.807) is 0 Å². The Morgan fingerprint density at radius 1 is 1.33 bits per heavy atom. The van der Waals surface area contributed by atoms with Crippen LogP contribution in [0.4, 0.5) is 8.78 Å². The van der Waals surface area contributed by atoms with E-state index in [-0.39, 0.29) is 0 Å². The lowest BCUT2D eigenvalue weighted by atomic mass is 10.1. The van der Waals surface area contributed by atoms with E-state index in [2.05, 4.69) is 5.92 Å². The average Bonchev–Trinajstić information content (AvgIpc) is 2.27. The summed E-state index contributed by atoms with van der Waals surface area (Å²) >= 11 is 0. The van der Waals surface area contributed by atoms with Crippen molar-refractivity contribution in [3.8, 4) is 12.3 Å². The molecule has 0 aromatic heterocycles. The highest BCUT2D eigenvalue weighted by Crippen LogP contribution is 2.24. The van der Waals surface area contributed by atoms with Crippen molar-refractivity contribution in [2.45, 2.75) is 24.3 Å². The minimum atomic E-state index is -4.11. The van der Waals surface area contributed by atoms with Crippen molar-refractivity contribution in [1.29, 1.82) is 0 Å². The van der Waals surface area contributed by atoms with E-state index >= 15 is 0 Å². The molecule has 1 aromatic carbocycles. The van der Waals surface area contributed by atoms with Crippen LogP contribution in [0.2, 0.25) is 0 Å². The fraction of sp³-hybridized carbons (Fsp3) is 0.333. The van der Waals surface area contributed by atoms with E-state index < -0.39 is 32.1 Å². The van der Waals surface area contributed by atoms with Gasteiger partial charge in [-0.25, -0.2) is 17.2 Å². The number of hydrogen-bond donors (Lipinski definition) is 0. The zero-order chi connectivity index (χ0) is 14.1. The van der Waals surface area contributed by atoms with E-state index in [0.717, 1.165) is 16.4 Å². The van der Waals surface area contributed by atoms with E-state index in [1.807, 2.05) is 0 Å². The highest BCUT2D eigenvalue weighted by atomic mass is 32.2. The molecule has 1 aromatic rings. The molecule has 0 fully saturated rings. The number of hydrogen-bond acceptors (Lipinski definition) is 2. The number of benzene rings is 1. The second kappa shape index (κ2) is 4.67. The van der Waals surface area contributed by atoms with Gasteiger partial charge in [0.05, 0.1) is 5.54 Å². The molecule has 0 bridgehead atoms. The van der Waals surface area contributed by atoms with Gasteiger partial charge in [0, 0.05) is 13.1 Å². The normalized spacial score (nSPS) is 12.5. The van der Waals surface area contributed by atoms with Crippen LogP contribution >= 0.6 is 0 Å². The van der Waals surface area contributed by atoms with E-state index in [0.29, 0.717) is 6.07 Å². The zero-order valence-corrected chi connectivity index (χ0v) is 11.1. The Labute approximate surface area is 105 Å². The zero-order valence-electron chi connectivity index (χ0n) is 10.2. The lowest BCUT2D eigenvalue weighted by Crippen LogP contribution is -2.44. The van der Waals surface area contributed by atoms with Gasteiger partial charge in [0.25, 0.3) is 0 Å². The van der Waals surface area contributed by atoms with Crippen molar-refractivity contribution in [2.75, 3.05) is 7.05 Å². The van der Waals surface area contributed by atoms with E-state index in [9.17, 15) is 17.2 Å². The number of terminal acetylenes is 1. The fourth-order valence-corrected chi connectivity index (χ4v) is 2.72. The Balaban J connectivity index is 3.36. The molecule has 0 aliphatic rings. The summed E-state index contributed by atoms with van der Waals surface area (Å²) in [7, 11) is -2.86. The Kier molecular flexibility index (Phi) is 3.79. The Bertz CT molecular complexity index is 603. The first-order valence-corrected chi connectivity index (χ1v) is 6.49. The molecule has 18 heavy (non-hydrogen) atoms. The molecule has 0 atom stereocenters. The third-order valence-corrected chi connectivity index (χ3v) is 4.74. The van der Waals surface area contributed by atoms with Crippen LogP contribution in [0.25, 0.3) is 0 Å². The Morgan fingerprint density at radius 2 is 1.89 bits per heavy atom. The molecular weight excluding hydrogens is 260 g/mol. The summed E-state index contributed by atoms with van der Waals surface area (Å²) < 4.78 is 51.4.